The van der Waals surface area contributed by atoms with Crippen molar-refractivity contribution in [2.75, 3.05) is 6.54 Å². The molecule has 0 radical (unpaired) electrons. The van der Waals surface area contributed by atoms with Crippen molar-refractivity contribution in [1.29, 1.82) is 0 Å². The molecule has 1 unspecified atom stereocenters. The zero-order chi connectivity index (χ0) is 12.3. The molecule has 2 nitrogen and oxygen atoms in total. The second-order valence-corrected chi connectivity index (χ2v) is 6.50. The summed E-state index contributed by atoms with van der Waals surface area (Å²) in [5.74, 6) is 1.32. The summed E-state index contributed by atoms with van der Waals surface area (Å²) >= 11 is 0. The van der Waals surface area contributed by atoms with Crippen LogP contribution < -0.4 is 5.32 Å². The van der Waals surface area contributed by atoms with Gasteiger partial charge in [-0.1, -0.05) is 39.5 Å². The van der Waals surface area contributed by atoms with Crippen molar-refractivity contribution < 1.29 is 4.79 Å². The lowest BCUT2D eigenvalue weighted by atomic mass is 9.63. The predicted octanol–water partition coefficient (Wildman–Crippen LogP) is 3.51. The molecule has 0 aromatic heterocycles. The lowest BCUT2D eigenvalue weighted by molar-refractivity contribution is -0.130. The highest BCUT2D eigenvalue weighted by Gasteiger charge is 2.41. The molecular formula is C15H27NO. The minimum Gasteiger partial charge on any atom is -0.356 e. The number of carbonyl (C=O) groups is 1. The standard InChI is InChI=1S/C15H27NO/c1-15(2,12-8-4-3-5-9-12)13-10-6-7-11-16-14(13)17/h12-13H,3-11H2,1-2H3,(H,16,17). The van der Waals surface area contributed by atoms with E-state index in [0.29, 0.717) is 5.91 Å². The molecule has 2 heteroatoms. The summed E-state index contributed by atoms with van der Waals surface area (Å²) < 4.78 is 0. The smallest absolute Gasteiger partial charge is 0.223 e. The molecule has 1 aliphatic carbocycles. The molecule has 0 spiro atoms. The van der Waals surface area contributed by atoms with Crippen molar-refractivity contribution in [3.05, 3.63) is 0 Å². The summed E-state index contributed by atoms with van der Waals surface area (Å²) in [6.45, 7) is 5.55. The molecule has 1 amide bonds. The van der Waals surface area contributed by atoms with Crippen LogP contribution in [-0.4, -0.2) is 12.5 Å². The van der Waals surface area contributed by atoms with Crippen LogP contribution >= 0.6 is 0 Å². The van der Waals surface area contributed by atoms with Crippen LogP contribution in [0.3, 0.4) is 0 Å². The maximum absolute atomic E-state index is 12.2. The van der Waals surface area contributed by atoms with Crippen molar-refractivity contribution in [1.82, 2.24) is 5.32 Å². The summed E-state index contributed by atoms with van der Waals surface area (Å²) in [5.41, 5.74) is 0.189. The van der Waals surface area contributed by atoms with Crippen molar-refractivity contribution in [2.24, 2.45) is 17.3 Å². The Hall–Kier alpha value is -0.530. The van der Waals surface area contributed by atoms with Crippen LogP contribution in [0.1, 0.15) is 65.2 Å². The van der Waals surface area contributed by atoms with Crippen LogP contribution in [0, 0.1) is 17.3 Å². The van der Waals surface area contributed by atoms with E-state index in [4.69, 9.17) is 0 Å². The number of amides is 1. The first-order valence-electron chi connectivity index (χ1n) is 7.40. The molecule has 0 aromatic rings. The van der Waals surface area contributed by atoms with Gasteiger partial charge in [-0.05, 0) is 37.0 Å². The fourth-order valence-electron chi connectivity index (χ4n) is 3.78. The predicted molar refractivity (Wildman–Crippen MR) is 70.7 cm³/mol. The van der Waals surface area contributed by atoms with E-state index in [1.165, 1.54) is 38.5 Å². The Kier molecular flexibility index (Phi) is 4.11. The largest absolute Gasteiger partial charge is 0.356 e. The first-order chi connectivity index (χ1) is 8.12. The zero-order valence-electron chi connectivity index (χ0n) is 11.4. The second-order valence-electron chi connectivity index (χ2n) is 6.50. The molecule has 0 aromatic carbocycles. The van der Waals surface area contributed by atoms with Crippen LogP contribution in [-0.2, 0) is 4.79 Å². The molecule has 17 heavy (non-hydrogen) atoms. The van der Waals surface area contributed by atoms with E-state index in [9.17, 15) is 4.79 Å². The third-order valence-corrected chi connectivity index (χ3v) is 5.09. The minimum absolute atomic E-state index is 0.189. The number of nitrogens with one attached hydrogen (secondary N) is 1. The first-order valence-corrected chi connectivity index (χ1v) is 7.40. The van der Waals surface area contributed by atoms with Crippen LogP contribution in [0.4, 0.5) is 0 Å². The van der Waals surface area contributed by atoms with Crippen LogP contribution in [0.5, 0.6) is 0 Å². The summed E-state index contributed by atoms with van der Waals surface area (Å²) in [7, 11) is 0. The van der Waals surface area contributed by atoms with E-state index in [0.717, 1.165) is 25.3 Å². The average molecular weight is 237 g/mol. The van der Waals surface area contributed by atoms with Gasteiger partial charge in [0.25, 0.3) is 0 Å². The molecule has 2 aliphatic rings. The Morgan fingerprint density at radius 2 is 1.65 bits per heavy atom. The molecule has 2 rings (SSSR count). The average Bonchev–Trinajstić information content (AvgIpc) is 2.55. The Morgan fingerprint density at radius 1 is 1.00 bits per heavy atom. The van der Waals surface area contributed by atoms with Gasteiger partial charge < -0.3 is 5.32 Å². The fourth-order valence-corrected chi connectivity index (χ4v) is 3.78. The van der Waals surface area contributed by atoms with Crippen LogP contribution in [0.25, 0.3) is 0 Å². The highest BCUT2D eigenvalue weighted by Crippen LogP contribution is 2.45. The Morgan fingerprint density at radius 3 is 2.35 bits per heavy atom. The normalized spacial score (nSPS) is 28.6. The summed E-state index contributed by atoms with van der Waals surface area (Å²) in [4.78, 5) is 12.2. The molecule has 1 saturated carbocycles. The highest BCUT2D eigenvalue weighted by molar-refractivity contribution is 5.79. The van der Waals surface area contributed by atoms with Crippen molar-refractivity contribution in [2.45, 2.75) is 65.2 Å². The molecule has 1 aliphatic heterocycles. The van der Waals surface area contributed by atoms with Crippen molar-refractivity contribution in [3.8, 4) is 0 Å². The van der Waals surface area contributed by atoms with Gasteiger partial charge in [0.1, 0.15) is 0 Å². The number of rotatable bonds is 2. The van der Waals surface area contributed by atoms with E-state index in [-0.39, 0.29) is 11.3 Å². The maximum Gasteiger partial charge on any atom is 0.223 e. The highest BCUT2D eigenvalue weighted by atomic mass is 16.1. The molecular weight excluding hydrogens is 210 g/mol. The van der Waals surface area contributed by atoms with Gasteiger partial charge in [-0.15, -0.1) is 0 Å². The first kappa shape index (κ1) is 12.9. The van der Waals surface area contributed by atoms with Gasteiger partial charge in [0.2, 0.25) is 5.91 Å². The number of carbonyl (C=O) groups excluding carboxylic acids is 1. The van der Waals surface area contributed by atoms with Gasteiger partial charge in [-0.2, -0.15) is 0 Å². The van der Waals surface area contributed by atoms with E-state index in [2.05, 4.69) is 19.2 Å². The van der Waals surface area contributed by atoms with E-state index >= 15 is 0 Å². The second kappa shape index (κ2) is 5.41. The number of hydrogen-bond donors (Lipinski definition) is 1. The maximum atomic E-state index is 12.2. The van der Waals surface area contributed by atoms with Gasteiger partial charge in [0.05, 0.1) is 0 Å². The zero-order valence-corrected chi connectivity index (χ0v) is 11.4. The third kappa shape index (κ3) is 2.83. The van der Waals surface area contributed by atoms with Crippen LogP contribution in [0.2, 0.25) is 0 Å². The van der Waals surface area contributed by atoms with Gasteiger partial charge in [0, 0.05) is 12.5 Å². The van der Waals surface area contributed by atoms with E-state index in [1.54, 1.807) is 0 Å². The van der Waals surface area contributed by atoms with Gasteiger partial charge >= 0.3 is 0 Å². The Labute approximate surface area is 106 Å². The van der Waals surface area contributed by atoms with Gasteiger partial charge in [0.15, 0.2) is 0 Å². The summed E-state index contributed by atoms with van der Waals surface area (Å²) in [6.07, 6.45) is 10.2. The van der Waals surface area contributed by atoms with E-state index < -0.39 is 0 Å². The molecule has 98 valence electrons. The van der Waals surface area contributed by atoms with Crippen molar-refractivity contribution in [3.63, 3.8) is 0 Å². The Balaban J connectivity index is 2.08. The Bertz CT molecular complexity index is 266. The molecule has 0 bridgehead atoms. The molecule has 1 atom stereocenters. The fraction of sp³-hybridized carbons (Fsp3) is 0.933. The molecule has 2 fully saturated rings. The van der Waals surface area contributed by atoms with E-state index in [1.807, 2.05) is 0 Å². The van der Waals surface area contributed by atoms with Crippen molar-refractivity contribution >= 4 is 5.91 Å². The topological polar surface area (TPSA) is 29.1 Å². The van der Waals surface area contributed by atoms with Gasteiger partial charge in [-0.3, -0.25) is 4.79 Å². The molecule has 1 heterocycles. The summed E-state index contributed by atoms with van der Waals surface area (Å²) in [6, 6.07) is 0. The molecule has 1 saturated heterocycles. The third-order valence-electron chi connectivity index (χ3n) is 5.09. The number of hydrogen-bond acceptors (Lipinski definition) is 1. The lowest BCUT2D eigenvalue weighted by Gasteiger charge is -2.42. The minimum atomic E-state index is 0.189. The monoisotopic (exact) mass is 237 g/mol. The summed E-state index contributed by atoms with van der Waals surface area (Å²) in [5, 5.41) is 3.10. The lowest BCUT2D eigenvalue weighted by Crippen LogP contribution is -2.42. The van der Waals surface area contributed by atoms with Crippen LogP contribution in [0.15, 0.2) is 0 Å². The van der Waals surface area contributed by atoms with Gasteiger partial charge in [-0.25, -0.2) is 0 Å². The quantitative estimate of drug-likeness (QED) is 0.782. The molecule has 1 N–H and O–H groups in total. The SMILES string of the molecule is CC(C)(C1CCCCC1)C1CCCCNC1=O.